The number of amides is 2. The Labute approximate surface area is 151 Å². The summed E-state index contributed by atoms with van der Waals surface area (Å²) in [5.41, 5.74) is 2.52. The van der Waals surface area contributed by atoms with Gasteiger partial charge in [-0.3, -0.25) is 9.58 Å². The summed E-state index contributed by atoms with van der Waals surface area (Å²) in [6.45, 7) is 3.15. The number of carbonyl (C=O) groups excluding carboxylic acids is 1. The zero-order valence-corrected chi connectivity index (χ0v) is 15.1. The molecule has 0 aliphatic carbocycles. The molecule has 2 heterocycles. The fourth-order valence-electron chi connectivity index (χ4n) is 2.82. The van der Waals surface area contributed by atoms with Gasteiger partial charge in [-0.25, -0.2) is 9.18 Å². The van der Waals surface area contributed by atoms with Crippen molar-refractivity contribution in [2.24, 2.45) is 0 Å². The number of nitrogens with zero attached hydrogens (tertiary/aromatic N) is 4. The number of benzene rings is 1. The maximum atomic E-state index is 14.0. The predicted molar refractivity (Wildman–Crippen MR) is 93.7 cm³/mol. The number of fused-ring (bicyclic) bond motifs is 1. The molecular formula is C17H21ClFN5O. The second kappa shape index (κ2) is 7.41. The van der Waals surface area contributed by atoms with Gasteiger partial charge in [-0.15, -0.1) is 0 Å². The average molecular weight is 366 g/mol. The van der Waals surface area contributed by atoms with Crippen LogP contribution in [-0.4, -0.2) is 46.3 Å². The van der Waals surface area contributed by atoms with E-state index in [4.69, 9.17) is 11.6 Å². The van der Waals surface area contributed by atoms with Crippen molar-refractivity contribution < 1.29 is 9.18 Å². The third-order valence-corrected chi connectivity index (χ3v) is 4.40. The number of hydrogen-bond donors (Lipinski definition) is 1. The van der Waals surface area contributed by atoms with Crippen LogP contribution in [0.4, 0.5) is 9.18 Å². The molecule has 2 amide bonds. The molecule has 0 fully saturated rings. The molecule has 0 atom stereocenters. The maximum Gasteiger partial charge on any atom is 0.317 e. The second-order valence-corrected chi connectivity index (χ2v) is 6.79. The van der Waals surface area contributed by atoms with Crippen molar-refractivity contribution in [3.63, 3.8) is 0 Å². The number of carbonyl (C=O) groups is 1. The number of aromatic nitrogens is 2. The summed E-state index contributed by atoms with van der Waals surface area (Å²) in [6, 6.07) is 6.62. The van der Waals surface area contributed by atoms with Gasteiger partial charge in [0.15, 0.2) is 0 Å². The highest BCUT2D eigenvalue weighted by molar-refractivity contribution is 6.30. The van der Waals surface area contributed by atoms with Crippen LogP contribution in [0.15, 0.2) is 24.3 Å². The van der Waals surface area contributed by atoms with Crippen LogP contribution in [-0.2, 0) is 26.2 Å². The Morgan fingerprint density at radius 2 is 2.16 bits per heavy atom. The largest absolute Gasteiger partial charge is 0.332 e. The molecule has 1 aromatic heterocycles. The fraction of sp³-hybridized carbons (Fsp3) is 0.412. The fourth-order valence-corrected chi connectivity index (χ4v) is 2.98. The predicted octanol–water partition coefficient (Wildman–Crippen LogP) is 2.46. The van der Waals surface area contributed by atoms with Crippen LogP contribution in [0.2, 0.25) is 5.02 Å². The lowest BCUT2D eigenvalue weighted by molar-refractivity contribution is 0.202. The highest BCUT2D eigenvalue weighted by Gasteiger charge is 2.19. The summed E-state index contributed by atoms with van der Waals surface area (Å²) in [7, 11) is 3.39. The lowest BCUT2D eigenvalue weighted by Crippen LogP contribution is -2.34. The van der Waals surface area contributed by atoms with Gasteiger partial charge in [0.25, 0.3) is 0 Å². The third-order valence-electron chi connectivity index (χ3n) is 4.16. The van der Waals surface area contributed by atoms with Crippen molar-refractivity contribution in [1.29, 1.82) is 0 Å². The van der Waals surface area contributed by atoms with Gasteiger partial charge in [-0.2, -0.15) is 5.10 Å². The first kappa shape index (κ1) is 17.7. The van der Waals surface area contributed by atoms with Crippen LogP contribution in [0.3, 0.4) is 0 Å². The topological polar surface area (TPSA) is 53.4 Å². The van der Waals surface area contributed by atoms with Crippen molar-refractivity contribution in [2.75, 3.05) is 20.6 Å². The number of rotatable bonds is 4. The Balaban J connectivity index is 1.62. The van der Waals surface area contributed by atoms with E-state index in [2.05, 4.69) is 15.3 Å². The van der Waals surface area contributed by atoms with Crippen molar-refractivity contribution in [2.45, 2.75) is 26.2 Å². The van der Waals surface area contributed by atoms with Gasteiger partial charge in [0.1, 0.15) is 5.82 Å². The quantitative estimate of drug-likeness (QED) is 0.905. The minimum Gasteiger partial charge on any atom is -0.332 e. The number of urea groups is 1. The van der Waals surface area contributed by atoms with Gasteiger partial charge in [-0.1, -0.05) is 17.7 Å². The lowest BCUT2D eigenvalue weighted by Gasteiger charge is -2.27. The van der Waals surface area contributed by atoms with Crippen molar-refractivity contribution >= 4 is 17.6 Å². The molecule has 1 N–H and O–H groups in total. The van der Waals surface area contributed by atoms with E-state index in [1.54, 1.807) is 26.2 Å². The summed E-state index contributed by atoms with van der Waals surface area (Å²) >= 11 is 5.80. The zero-order chi connectivity index (χ0) is 18.0. The Bertz CT molecular complexity index is 776. The highest BCUT2D eigenvalue weighted by atomic mass is 35.5. The Kier molecular flexibility index (Phi) is 5.24. The standard InChI is InChI=1S/C17H21ClFN5O/c1-22(2)17(25)20-9-14-8-15-11-23(5-6-24(15)21-14)10-12-3-4-13(18)7-16(12)19/h3-4,7-8H,5-6,9-11H2,1-2H3,(H,20,25). The molecule has 2 aromatic rings. The highest BCUT2D eigenvalue weighted by Crippen LogP contribution is 2.20. The van der Waals surface area contributed by atoms with E-state index in [0.717, 1.165) is 24.5 Å². The molecule has 0 spiro atoms. The van der Waals surface area contributed by atoms with E-state index in [1.165, 1.54) is 11.0 Å². The molecule has 0 saturated carbocycles. The SMILES string of the molecule is CN(C)C(=O)NCc1cc2n(n1)CCN(Cc1ccc(Cl)cc1F)C2. The molecule has 3 rings (SSSR count). The lowest BCUT2D eigenvalue weighted by atomic mass is 10.2. The normalized spacial score (nSPS) is 14.2. The third kappa shape index (κ3) is 4.29. The molecule has 0 radical (unpaired) electrons. The van der Waals surface area contributed by atoms with Crippen LogP contribution in [0.5, 0.6) is 0 Å². The van der Waals surface area contributed by atoms with Crippen molar-refractivity contribution in [3.8, 4) is 0 Å². The summed E-state index contributed by atoms with van der Waals surface area (Å²) in [4.78, 5) is 15.3. The van der Waals surface area contributed by atoms with Gasteiger partial charge >= 0.3 is 6.03 Å². The van der Waals surface area contributed by atoms with Crippen LogP contribution in [0.1, 0.15) is 17.0 Å². The number of hydrogen-bond acceptors (Lipinski definition) is 3. The molecule has 0 bridgehead atoms. The first-order valence-electron chi connectivity index (χ1n) is 8.09. The van der Waals surface area contributed by atoms with Crippen molar-refractivity contribution in [1.82, 2.24) is 24.9 Å². The van der Waals surface area contributed by atoms with Gasteiger partial charge in [0.2, 0.25) is 0 Å². The number of nitrogens with one attached hydrogen (secondary N) is 1. The van der Waals surface area contributed by atoms with E-state index >= 15 is 0 Å². The molecule has 1 aliphatic rings. The van der Waals surface area contributed by atoms with E-state index in [-0.39, 0.29) is 11.8 Å². The van der Waals surface area contributed by atoms with E-state index in [0.29, 0.717) is 30.2 Å². The molecule has 25 heavy (non-hydrogen) atoms. The number of halogens is 2. The van der Waals surface area contributed by atoms with Crippen molar-refractivity contribution in [3.05, 3.63) is 52.1 Å². The minimum atomic E-state index is -0.279. The molecule has 0 unspecified atom stereocenters. The van der Waals surface area contributed by atoms with Crippen LogP contribution in [0.25, 0.3) is 0 Å². The Morgan fingerprint density at radius 3 is 2.88 bits per heavy atom. The first-order chi connectivity index (χ1) is 11.9. The first-order valence-corrected chi connectivity index (χ1v) is 8.47. The van der Waals surface area contributed by atoms with Gasteiger partial charge in [0.05, 0.1) is 24.5 Å². The molecule has 8 heteroatoms. The van der Waals surface area contributed by atoms with Crippen LogP contribution in [0, 0.1) is 5.82 Å². The van der Waals surface area contributed by atoms with Gasteiger partial charge < -0.3 is 10.2 Å². The molecule has 134 valence electrons. The second-order valence-electron chi connectivity index (χ2n) is 6.35. The molecule has 1 aliphatic heterocycles. The molecule has 6 nitrogen and oxygen atoms in total. The van der Waals surface area contributed by atoms with Gasteiger partial charge in [-0.05, 0) is 18.2 Å². The zero-order valence-electron chi connectivity index (χ0n) is 14.3. The van der Waals surface area contributed by atoms with Crippen LogP contribution >= 0.6 is 11.6 Å². The average Bonchev–Trinajstić information content (AvgIpc) is 2.97. The summed E-state index contributed by atoms with van der Waals surface area (Å²) in [5.74, 6) is -0.279. The van der Waals surface area contributed by atoms with E-state index < -0.39 is 0 Å². The molecule has 1 aromatic carbocycles. The maximum absolute atomic E-state index is 14.0. The smallest absolute Gasteiger partial charge is 0.317 e. The molecule has 0 saturated heterocycles. The summed E-state index contributed by atoms with van der Waals surface area (Å²) < 4.78 is 15.9. The minimum absolute atomic E-state index is 0.147. The Morgan fingerprint density at radius 1 is 1.36 bits per heavy atom. The monoisotopic (exact) mass is 365 g/mol. The van der Waals surface area contributed by atoms with Gasteiger partial charge in [0, 0.05) is 44.3 Å². The summed E-state index contributed by atoms with van der Waals surface area (Å²) in [5, 5.41) is 7.73. The molecular weight excluding hydrogens is 345 g/mol. The summed E-state index contributed by atoms with van der Waals surface area (Å²) in [6.07, 6.45) is 0. The van der Waals surface area contributed by atoms with Crippen LogP contribution < -0.4 is 5.32 Å². The Hall–Kier alpha value is -2.12. The van der Waals surface area contributed by atoms with E-state index in [1.807, 2.05) is 10.7 Å². The van der Waals surface area contributed by atoms with E-state index in [9.17, 15) is 9.18 Å².